The molecule has 0 aliphatic rings. The largest absolute Gasteiger partial charge is 0.509 e. The Morgan fingerprint density at radius 1 is 1.36 bits per heavy atom. The van der Waals surface area contributed by atoms with Crippen molar-refractivity contribution in [2.45, 2.75) is 0 Å². The molecule has 0 aliphatic heterocycles. The number of methoxy groups -OCH3 is 1. The molecule has 2 nitrogen and oxygen atoms in total. The fourth-order valence-electron chi connectivity index (χ4n) is 0.987. The van der Waals surface area contributed by atoms with Crippen molar-refractivity contribution in [2.24, 2.45) is 0 Å². The highest BCUT2D eigenvalue weighted by Gasteiger charge is 2.26. The van der Waals surface area contributed by atoms with E-state index in [0.29, 0.717) is 0 Å². The van der Waals surface area contributed by atoms with Gasteiger partial charge in [-0.15, -0.1) is 5.46 Å². The maximum atomic E-state index is 12.2. The molecule has 1 aromatic rings. The van der Waals surface area contributed by atoms with Crippen molar-refractivity contribution in [1.29, 1.82) is 0 Å². The van der Waals surface area contributed by atoms with E-state index in [4.69, 9.17) is 0 Å². The van der Waals surface area contributed by atoms with E-state index in [9.17, 15) is 17.7 Å². The fraction of sp³-hybridized carbons (Fsp3) is 0.125. The van der Waals surface area contributed by atoms with Gasteiger partial charge in [-0.25, -0.2) is 4.79 Å². The molecule has 0 bridgehead atoms. The number of carbonyl (C=O) groups is 1. The Kier molecular flexibility index (Phi) is 2.83. The molecule has 0 saturated carbocycles. The average Bonchev–Trinajstić information content (AvgIpc) is 2.15. The third kappa shape index (κ3) is 2.28. The van der Waals surface area contributed by atoms with Crippen LogP contribution in [0.1, 0.15) is 10.4 Å². The van der Waals surface area contributed by atoms with Gasteiger partial charge >= 0.3 is 12.9 Å². The zero-order chi connectivity index (χ0) is 10.8. The standard InChI is InChI=1S/C8H7BF3O2/c1-14-8(13)6-3-2-4-7(5-6)9(10,11)12/h2-5H,1H3/q-1. The first-order valence-corrected chi connectivity index (χ1v) is 3.83. The first-order valence-electron chi connectivity index (χ1n) is 3.83. The summed E-state index contributed by atoms with van der Waals surface area (Å²) in [4.78, 5) is 10.9. The van der Waals surface area contributed by atoms with Crippen LogP contribution in [0, 0.1) is 0 Å². The Morgan fingerprint density at radius 3 is 2.50 bits per heavy atom. The second-order valence-corrected chi connectivity index (χ2v) is 2.69. The van der Waals surface area contributed by atoms with Crippen molar-refractivity contribution >= 4 is 18.4 Å². The minimum atomic E-state index is -5.07. The number of ether oxygens (including phenoxy) is 1. The molecule has 0 saturated heterocycles. The van der Waals surface area contributed by atoms with Gasteiger partial charge in [-0.2, -0.15) is 0 Å². The van der Waals surface area contributed by atoms with Crippen molar-refractivity contribution in [3.63, 3.8) is 0 Å². The van der Waals surface area contributed by atoms with E-state index in [1.807, 2.05) is 0 Å². The molecule has 0 amide bonds. The third-order valence-corrected chi connectivity index (χ3v) is 1.69. The van der Waals surface area contributed by atoms with E-state index in [1.54, 1.807) is 0 Å². The van der Waals surface area contributed by atoms with E-state index < -0.39 is 18.4 Å². The summed E-state index contributed by atoms with van der Waals surface area (Å²) in [7, 11) is 1.12. The van der Waals surface area contributed by atoms with Gasteiger partial charge < -0.3 is 17.7 Å². The summed E-state index contributed by atoms with van der Waals surface area (Å²) >= 11 is 0. The van der Waals surface area contributed by atoms with Gasteiger partial charge in [0, 0.05) is 0 Å². The van der Waals surface area contributed by atoms with Crippen LogP contribution in [0.15, 0.2) is 24.3 Å². The highest BCUT2D eigenvalue weighted by molar-refractivity contribution is 6.73. The lowest BCUT2D eigenvalue weighted by Gasteiger charge is -2.14. The monoisotopic (exact) mass is 203 g/mol. The van der Waals surface area contributed by atoms with E-state index >= 15 is 0 Å². The lowest BCUT2D eigenvalue weighted by atomic mass is 9.79. The van der Waals surface area contributed by atoms with E-state index in [-0.39, 0.29) is 5.56 Å². The molecule has 1 aromatic carbocycles. The lowest BCUT2D eigenvalue weighted by Crippen LogP contribution is -2.34. The van der Waals surface area contributed by atoms with Crippen LogP contribution in [0.5, 0.6) is 0 Å². The summed E-state index contributed by atoms with van der Waals surface area (Å²) in [5.74, 6) is -0.771. The quantitative estimate of drug-likeness (QED) is 0.538. The Labute approximate surface area is 78.7 Å². The van der Waals surface area contributed by atoms with Gasteiger partial charge in [-0.05, 0) is 6.07 Å². The maximum absolute atomic E-state index is 12.2. The summed E-state index contributed by atoms with van der Waals surface area (Å²) in [6.07, 6.45) is 0. The SMILES string of the molecule is COC(=O)c1cccc([B-](F)(F)F)c1. The Hall–Kier alpha value is -1.46. The van der Waals surface area contributed by atoms with Gasteiger partial charge in [-0.3, -0.25) is 0 Å². The molecule has 0 N–H and O–H groups in total. The highest BCUT2D eigenvalue weighted by Crippen LogP contribution is 2.10. The number of hydrogen-bond acceptors (Lipinski definition) is 2. The number of rotatable bonds is 2. The normalized spacial score (nSPS) is 11.1. The van der Waals surface area contributed by atoms with Crippen LogP contribution in [0.2, 0.25) is 0 Å². The van der Waals surface area contributed by atoms with Gasteiger partial charge in [0.25, 0.3) is 0 Å². The van der Waals surface area contributed by atoms with E-state index in [1.165, 1.54) is 12.1 Å². The number of esters is 1. The predicted molar refractivity (Wildman–Crippen MR) is 46.5 cm³/mol. The number of hydrogen-bond donors (Lipinski definition) is 0. The summed E-state index contributed by atoms with van der Waals surface area (Å²) in [5.41, 5.74) is -0.892. The molecular formula is C8H7BF3O2-. The second-order valence-electron chi connectivity index (χ2n) is 2.69. The zero-order valence-electron chi connectivity index (χ0n) is 7.34. The summed E-state index contributed by atoms with van der Waals surface area (Å²) in [6, 6.07) is 4.16. The van der Waals surface area contributed by atoms with Crippen LogP contribution in [-0.4, -0.2) is 20.1 Å². The van der Waals surface area contributed by atoms with Crippen molar-refractivity contribution < 1.29 is 22.5 Å². The Bertz CT molecular complexity index is 349. The van der Waals surface area contributed by atoms with E-state index in [0.717, 1.165) is 19.2 Å². The van der Waals surface area contributed by atoms with Crippen molar-refractivity contribution in [3.05, 3.63) is 29.8 Å². The molecule has 14 heavy (non-hydrogen) atoms. The van der Waals surface area contributed by atoms with Crippen molar-refractivity contribution in [3.8, 4) is 0 Å². The number of carbonyl (C=O) groups excluding carboxylic acids is 1. The number of benzene rings is 1. The van der Waals surface area contributed by atoms with Crippen LogP contribution in [0.25, 0.3) is 0 Å². The Morgan fingerprint density at radius 2 is 2.00 bits per heavy atom. The summed E-state index contributed by atoms with van der Waals surface area (Å²) < 4.78 is 41.0. The maximum Gasteiger partial charge on any atom is 0.509 e. The summed E-state index contributed by atoms with van der Waals surface area (Å²) in [5, 5.41) is 0. The molecule has 1 rings (SSSR count). The van der Waals surface area contributed by atoms with Crippen LogP contribution >= 0.6 is 0 Å². The van der Waals surface area contributed by atoms with Gasteiger partial charge in [0.05, 0.1) is 12.7 Å². The predicted octanol–water partition coefficient (Wildman–Crippen LogP) is 1.53. The molecule has 0 unspecified atom stereocenters. The molecule has 6 heteroatoms. The van der Waals surface area contributed by atoms with Crippen LogP contribution < -0.4 is 5.46 Å². The van der Waals surface area contributed by atoms with Gasteiger partial charge in [0.15, 0.2) is 0 Å². The zero-order valence-corrected chi connectivity index (χ0v) is 7.34. The third-order valence-electron chi connectivity index (χ3n) is 1.69. The Balaban J connectivity index is 3.08. The van der Waals surface area contributed by atoms with Gasteiger partial charge in [-0.1, -0.05) is 18.2 Å². The summed E-state index contributed by atoms with van der Waals surface area (Å²) in [6.45, 7) is -5.07. The molecule has 0 aliphatic carbocycles. The first kappa shape index (κ1) is 10.6. The van der Waals surface area contributed by atoms with Crippen LogP contribution in [-0.2, 0) is 4.74 Å². The van der Waals surface area contributed by atoms with Crippen LogP contribution in [0.4, 0.5) is 12.9 Å². The minimum absolute atomic E-state index is 0.0933. The molecule has 0 fully saturated rings. The second kappa shape index (κ2) is 3.73. The molecule has 0 aromatic heterocycles. The molecule has 0 heterocycles. The number of halogens is 3. The molecular weight excluding hydrogens is 196 g/mol. The highest BCUT2D eigenvalue weighted by atomic mass is 19.4. The average molecular weight is 203 g/mol. The van der Waals surface area contributed by atoms with Gasteiger partial charge in [0.2, 0.25) is 0 Å². The molecule has 0 spiro atoms. The van der Waals surface area contributed by atoms with Gasteiger partial charge in [0.1, 0.15) is 0 Å². The molecule has 76 valence electrons. The topological polar surface area (TPSA) is 26.3 Å². The minimum Gasteiger partial charge on any atom is -0.465 e. The lowest BCUT2D eigenvalue weighted by molar-refractivity contribution is 0.0601. The van der Waals surface area contributed by atoms with Crippen molar-refractivity contribution in [1.82, 2.24) is 0 Å². The molecule has 0 atom stereocenters. The fourth-order valence-corrected chi connectivity index (χ4v) is 0.987. The van der Waals surface area contributed by atoms with E-state index in [2.05, 4.69) is 4.74 Å². The first-order chi connectivity index (χ1) is 6.45. The molecule has 0 radical (unpaired) electrons. The smallest absolute Gasteiger partial charge is 0.465 e. The van der Waals surface area contributed by atoms with Crippen molar-refractivity contribution in [2.75, 3.05) is 7.11 Å². The van der Waals surface area contributed by atoms with Crippen LogP contribution in [0.3, 0.4) is 0 Å².